The summed E-state index contributed by atoms with van der Waals surface area (Å²) in [6.07, 6.45) is 0.255. The van der Waals surface area contributed by atoms with Gasteiger partial charge in [0.1, 0.15) is 0 Å². The molecule has 1 fully saturated rings. The van der Waals surface area contributed by atoms with E-state index in [1.807, 2.05) is 13.8 Å². The maximum atomic E-state index is 11.6. The van der Waals surface area contributed by atoms with Crippen LogP contribution in [0.25, 0.3) is 0 Å². The van der Waals surface area contributed by atoms with Gasteiger partial charge in [0.05, 0.1) is 11.0 Å². The van der Waals surface area contributed by atoms with Gasteiger partial charge < -0.3 is 16.2 Å². The number of hydrogen-bond acceptors (Lipinski definition) is 5. The Hall–Kier alpha value is -1.31. The molecule has 1 aliphatic rings. The van der Waals surface area contributed by atoms with E-state index in [-0.39, 0.29) is 22.5 Å². The molecule has 6 nitrogen and oxygen atoms in total. The molecule has 0 heterocycles. The Morgan fingerprint density at radius 3 is 2.45 bits per heavy atom. The van der Waals surface area contributed by atoms with Crippen LogP contribution < -0.4 is 16.2 Å². The van der Waals surface area contributed by atoms with Crippen LogP contribution in [-0.4, -0.2) is 25.7 Å². The summed E-state index contributed by atoms with van der Waals surface area (Å²) in [6, 6.07) is 3.10. The summed E-state index contributed by atoms with van der Waals surface area (Å²) in [7, 11) is -3.81. The van der Waals surface area contributed by atoms with Gasteiger partial charge in [-0.25, -0.2) is 13.6 Å². The van der Waals surface area contributed by atoms with E-state index in [4.69, 9.17) is 10.9 Å². The fourth-order valence-corrected chi connectivity index (χ4v) is 3.33. The number of nitrogens with one attached hydrogen (secondary N) is 1. The highest BCUT2D eigenvalue weighted by atomic mass is 32.2. The van der Waals surface area contributed by atoms with Gasteiger partial charge in [-0.15, -0.1) is 0 Å². The van der Waals surface area contributed by atoms with Gasteiger partial charge in [0, 0.05) is 22.8 Å². The third-order valence-corrected chi connectivity index (χ3v) is 5.27. The SMILES string of the molecule is Cc1c(NC2CC(O)C2(C)C)cc(N)cc1S(N)(=O)=O. The fraction of sp³-hybridized carbons (Fsp3) is 0.538. The molecule has 2 unspecified atom stereocenters. The van der Waals surface area contributed by atoms with Crippen molar-refractivity contribution in [1.82, 2.24) is 0 Å². The molecule has 20 heavy (non-hydrogen) atoms. The molecule has 1 aliphatic carbocycles. The molecule has 0 aromatic heterocycles. The summed E-state index contributed by atoms with van der Waals surface area (Å²) in [6.45, 7) is 5.60. The van der Waals surface area contributed by atoms with Crippen molar-refractivity contribution >= 4 is 21.4 Å². The maximum absolute atomic E-state index is 11.6. The molecule has 1 aromatic carbocycles. The van der Waals surface area contributed by atoms with Crippen LogP contribution in [0.5, 0.6) is 0 Å². The van der Waals surface area contributed by atoms with Gasteiger partial charge in [-0.2, -0.15) is 0 Å². The number of nitrogen functional groups attached to an aromatic ring is 1. The van der Waals surface area contributed by atoms with E-state index in [9.17, 15) is 13.5 Å². The van der Waals surface area contributed by atoms with Crippen LogP contribution in [0.15, 0.2) is 17.0 Å². The topological polar surface area (TPSA) is 118 Å². The summed E-state index contributed by atoms with van der Waals surface area (Å²) >= 11 is 0. The normalized spacial score (nSPS) is 25.1. The summed E-state index contributed by atoms with van der Waals surface area (Å²) in [4.78, 5) is 0.0256. The largest absolute Gasteiger partial charge is 0.399 e. The Bertz CT molecular complexity index is 641. The van der Waals surface area contributed by atoms with Gasteiger partial charge in [0.2, 0.25) is 10.0 Å². The molecule has 6 N–H and O–H groups in total. The smallest absolute Gasteiger partial charge is 0.238 e. The minimum atomic E-state index is -3.81. The highest BCUT2D eigenvalue weighted by molar-refractivity contribution is 7.89. The first-order valence-electron chi connectivity index (χ1n) is 6.41. The summed E-state index contributed by atoms with van der Waals surface area (Å²) in [5.41, 5.74) is 6.99. The summed E-state index contributed by atoms with van der Waals surface area (Å²) in [5, 5.41) is 18.2. The maximum Gasteiger partial charge on any atom is 0.238 e. The Morgan fingerprint density at radius 2 is 2.00 bits per heavy atom. The van der Waals surface area contributed by atoms with Crippen molar-refractivity contribution in [1.29, 1.82) is 0 Å². The summed E-state index contributed by atoms with van der Waals surface area (Å²) < 4.78 is 23.1. The predicted octanol–water partition coefficient (Wildman–Crippen LogP) is 0.796. The minimum absolute atomic E-state index is 0.0256. The zero-order valence-corrected chi connectivity index (χ0v) is 12.7. The zero-order chi connectivity index (χ0) is 15.3. The standard InChI is InChI=1S/C13H21N3O3S/c1-7-9(16-11-6-12(17)13(11,2)3)4-8(14)5-10(7)20(15,18)19/h4-5,11-12,16-17H,6,14H2,1-3H3,(H2,15,18,19). The molecule has 1 aromatic rings. The van der Waals surface area contributed by atoms with Crippen LogP contribution in [0.3, 0.4) is 0 Å². The van der Waals surface area contributed by atoms with Crippen LogP contribution in [0.4, 0.5) is 11.4 Å². The van der Waals surface area contributed by atoms with Gasteiger partial charge in [-0.1, -0.05) is 13.8 Å². The molecule has 2 rings (SSSR count). The Labute approximate surface area is 119 Å². The van der Waals surface area contributed by atoms with E-state index in [1.54, 1.807) is 13.0 Å². The Kier molecular flexibility index (Phi) is 3.48. The van der Waals surface area contributed by atoms with Crippen molar-refractivity contribution < 1.29 is 13.5 Å². The van der Waals surface area contributed by atoms with Gasteiger partial charge in [-0.3, -0.25) is 0 Å². The number of nitrogens with two attached hydrogens (primary N) is 2. The molecule has 0 bridgehead atoms. The number of hydrogen-bond donors (Lipinski definition) is 4. The quantitative estimate of drug-likeness (QED) is 0.615. The number of benzene rings is 1. The number of aliphatic hydroxyl groups excluding tert-OH is 1. The van der Waals surface area contributed by atoms with Gasteiger partial charge >= 0.3 is 0 Å². The molecule has 7 heteroatoms. The van der Waals surface area contributed by atoms with E-state index in [1.165, 1.54) is 6.07 Å². The number of aliphatic hydroxyl groups is 1. The summed E-state index contributed by atoms with van der Waals surface area (Å²) in [5.74, 6) is 0. The first-order valence-corrected chi connectivity index (χ1v) is 7.95. The first kappa shape index (κ1) is 15.1. The molecular formula is C13H21N3O3S. The van der Waals surface area contributed by atoms with E-state index < -0.39 is 10.0 Å². The molecule has 0 saturated heterocycles. The molecule has 1 saturated carbocycles. The van der Waals surface area contributed by atoms with Crippen molar-refractivity contribution in [2.45, 2.75) is 44.2 Å². The molecule has 0 amide bonds. The lowest BCUT2D eigenvalue weighted by Crippen LogP contribution is -2.57. The molecule has 2 atom stereocenters. The molecular weight excluding hydrogens is 278 g/mol. The van der Waals surface area contributed by atoms with Gasteiger partial charge in [-0.05, 0) is 31.0 Å². The van der Waals surface area contributed by atoms with E-state index in [0.29, 0.717) is 23.4 Å². The number of rotatable bonds is 3. The minimum Gasteiger partial charge on any atom is -0.399 e. The molecule has 112 valence electrons. The van der Waals surface area contributed by atoms with Crippen molar-refractivity contribution in [3.05, 3.63) is 17.7 Å². The lowest BCUT2D eigenvalue weighted by Gasteiger charge is -2.50. The molecule has 0 aliphatic heterocycles. The fourth-order valence-electron chi connectivity index (χ4n) is 2.49. The second-order valence-corrected chi connectivity index (χ2v) is 7.54. The number of sulfonamides is 1. The second-order valence-electron chi connectivity index (χ2n) is 6.01. The van der Waals surface area contributed by atoms with Crippen molar-refractivity contribution in [2.75, 3.05) is 11.1 Å². The lowest BCUT2D eigenvalue weighted by molar-refractivity contribution is -0.0510. The van der Waals surface area contributed by atoms with E-state index >= 15 is 0 Å². The van der Waals surface area contributed by atoms with E-state index in [2.05, 4.69) is 5.32 Å². The van der Waals surface area contributed by atoms with E-state index in [0.717, 1.165) is 0 Å². The third kappa shape index (κ3) is 2.48. The van der Waals surface area contributed by atoms with Crippen LogP contribution in [-0.2, 0) is 10.0 Å². The van der Waals surface area contributed by atoms with Crippen molar-refractivity contribution in [2.24, 2.45) is 10.6 Å². The van der Waals surface area contributed by atoms with Crippen molar-refractivity contribution in [3.63, 3.8) is 0 Å². The van der Waals surface area contributed by atoms with Crippen LogP contribution in [0, 0.1) is 12.3 Å². The highest BCUT2D eigenvalue weighted by Gasteiger charge is 2.47. The van der Waals surface area contributed by atoms with Crippen molar-refractivity contribution in [3.8, 4) is 0 Å². The van der Waals surface area contributed by atoms with Crippen LogP contribution >= 0.6 is 0 Å². The Balaban J connectivity index is 2.37. The number of anilines is 2. The van der Waals surface area contributed by atoms with Crippen LogP contribution in [0.1, 0.15) is 25.8 Å². The first-order chi connectivity index (χ1) is 9.03. The molecule has 0 spiro atoms. The average molecular weight is 299 g/mol. The predicted molar refractivity (Wildman–Crippen MR) is 78.8 cm³/mol. The third-order valence-electron chi connectivity index (χ3n) is 4.23. The van der Waals surface area contributed by atoms with Gasteiger partial charge in [0.15, 0.2) is 0 Å². The monoisotopic (exact) mass is 299 g/mol. The molecule has 0 radical (unpaired) electrons. The van der Waals surface area contributed by atoms with Crippen LogP contribution in [0.2, 0.25) is 0 Å². The van der Waals surface area contributed by atoms with Gasteiger partial charge in [0.25, 0.3) is 0 Å². The Morgan fingerprint density at radius 1 is 1.40 bits per heavy atom. The highest BCUT2D eigenvalue weighted by Crippen LogP contribution is 2.43. The zero-order valence-electron chi connectivity index (χ0n) is 11.8. The lowest BCUT2D eigenvalue weighted by atomic mass is 9.64. The second kappa shape index (κ2) is 4.61. The number of primary sulfonamides is 1. The average Bonchev–Trinajstić information content (AvgIpc) is 2.31.